The fourth-order valence-corrected chi connectivity index (χ4v) is 3.67. The van der Waals surface area contributed by atoms with E-state index in [2.05, 4.69) is 5.32 Å². The van der Waals surface area contributed by atoms with Crippen molar-refractivity contribution in [1.82, 2.24) is 0 Å². The molecule has 0 fully saturated rings. The summed E-state index contributed by atoms with van der Waals surface area (Å²) < 4.78 is 45.6. The van der Waals surface area contributed by atoms with Crippen molar-refractivity contribution in [2.24, 2.45) is 5.14 Å². The number of ether oxygens (including phenoxy) is 4. The molecule has 0 spiro atoms. The summed E-state index contributed by atoms with van der Waals surface area (Å²) in [5.41, 5.74) is 0.0354. The van der Waals surface area contributed by atoms with Gasteiger partial charge < -0.3 is 24.3 Å². The Kier molecular flexibility index (Phi) is 10.2. The Balaban J connectivity index is 2.37. The van der Waals surface area contributed by atoms with E-state index in [9.17, 15) is 22.8 Å². The number of benzene rings is 2. The van der Waals surface area contributed by atoms with Gasteiger partial charge in [0.15, 0.2) is 11.9 Å². The van der Waals surface area contributed by atoms with Gasteiger partial charge >= 0.3 is 17.9 Å². The Labute approximate surface area is 209 Å². The van der Waals surface area contributed by atoms with Gasteiger partial charge in [0.2, 0.25) is 16.3 Å². The summed E-state index contributed by atoms with van der Waals surface area (Å²) in [6, 6.07) is 10.9. The Hall–Kier alpha value is -3.64. The van der Waals surface area contributed by atoms with Crippen molar-refractivity contribution in [1.29, 1.82) is 0 Å². The highest BCUT2D eigenvalue weighted by atomic mass is 32.2. The van der Waals surface area contributed by atoms with Crippen LogP contribution in [0.1, 0.15) is 50.9 Å². The number of carbonyl (C=O) groups is 3. The minimum Gasteiger partial charge on any atom is -0.454 e. The zero-order valence-corrected chi connectivity index (χ0v) is 21.3. The molecule has 2 rings (SSSR count). The SMILES string of the molecule is CCCCNc1cc(C(=O)OC(C)OC(=O)C(C)OC(C)=O)cc(S(N)(=O)=O)c1Oc1ccccc1. The topological polar surface area (TPSA) is 160 Å². The highest BCUT2D eigenvalue weighted by Crippen LogP contribution is 2.37. The average molecular weight is 523 g/mol. The van der Waals surface area contributed by atoms with E-state index in [4.69, 9.17) is 24.1 Å². The van der Waals surface area contributed by atoms with E-state index in [1.165, 1.54) is 19.9 Å². The third kappa shape index (κ3) is 8.54. The van der Waals surface area contributed by atoms with Gasteiger partial charge in [-0.25, -0.2) is 23.1 Å². The number of para-hydroxylation sites is 1. The van der Waals surface area contributed by atoms with Crippen LogP contribution in [0.3, 0.4) is 0 Å². The average Bonchev–Trinajstić information content (AvgIpc) is 2.79. The molecule has 2 aromatic carbocycles. The van der Waals surface area contributed by atoms with Crippen LogP contribution in [0.4, 0.5) is 5.69 Å². The van der Waals surface area contributed by atoms with Crippen molar-refractivity contribution in [2.75, 3.05) is 11.9 Å². The number of primary sulfonamides is 1. The molecule has 36 heavy (non-hydrogen) atoms. The first-order chi connectivity index (χ1) is 16.9. The van der Waals surface area contributed by atoms with Crippen LogP contribution in [0.15, 0.2) is 47.4 Å². The number of nitrogens with one attached hydrogen (secondary N) is 1. The van der Waals surface area contributed by atoms with Gasteiger partial charge in [-0.05, 0) is 37.6 Å². The summed E-state index contributed by atoms with van der Waals surface area (Å²) in [5, 5.41) is 8.52. The van der Waals surface area contributed by atoms with E-state index in [0.29, 0.717) is 12.3 Å². The van der Waals surface area contributed by atoms with Crippen molar-refractivity contribution in [2.45, 2.75) is 57.8 Å². The molecule has 2 aromatic rings. The Morgan fingerprint density at radius 3 is 2.28 bits per heavy atom. The summed E-state index contributed by atoms with van der Waals surface area (Å²) >= 11 is 0. The number of unbranched alkanes of at least 4 members (excludes halogenated alkanes) is 1. The third-order valence-electron chi connectivity index (χ3n) is 4.64. The van der Waals surface area contributed by atoms with Crippen molar-refractivity contribution in [3.63, 3.8) is 0 Å². The van der Waals surface area contributed by atoms with E-state index in [1.54, 1.807) is 30.3 Å². The molecule has 11 nitrogen and oxygen atoms in total. The largest absolute Gasteiger partial charge is 0.454 e. The maximum atomic E-state index is 12.8. The number of esters is 3. The second-order valence-corrected chi connectivity index (χ2v) is 9.28. The number of hydrogen-bond donors (Lipinski definition) is 2. The summed E-state index contributed by atoms with van der Waals surface area (Å²) in [6.45, 7) is 6.16. The molecule has 196 valence electrons. The van der Waals surface area contributed by atoms with Gasteiger partial charge in [0.25, 0.3) is 0 Å². The van der Waals surface area contributed by atoms with E-state index >= 15 is 0 Å². The van der Waals surface area contributed by atoms with Gasteiger partial charge in [-0.2, -0.15) is 0 Å². The molecule has 0 bridgehead atoms. The maximum Gasteiger partial charge on any atom is 0.350 e. The van der Waals surface area contributed by atoms with E-state index < -0.39 is 45.2 Å². The van der Waals surface area contributed by atoms with Gasteiger partial charge in [-0.1, -0.05) is 31.5 Å². The minimum atomic E-state index is -4.34. The first-order valence-electron chi connectivity index (χ1n) is 11.2. The lowest BCUT2D eigenvalue weighted by atomic mass is 10.1. The molecule has 0 aliphatic heterocycles. The predicted octanol–water partition coefficient (Wildman–Crippen LogP) is 3.34. The molecular formula is C24H30N2O9S. The molecule has 0 aromatic heterocycles. The molecular weight excluding hydrogens is 492 g/mol. The van der Waals surface area contributed by atoms with Crippen LogP contribution in [0, 0.1) is 0 Å². The van der Waals surface area contributed by atoms with Crippen LogP contribution >= 0.6 is 0 Å². The summed E-state index contributed by atoms with van der Waals surface area (Å²) in [7, 11) is -4.34. The molecule has 12 heteroatoms. The number of sulfonamides is 1. The van der Waals surface area contributed by atoms with Crippen LogP contribution in [0.5, 0.6) is 11.5 Å². The Morgan fingerprint density at radius 1 is 1.03 bits per heavy atom. The molecule has 0 aliphatic carbocycles. The molecule has 2 unspecified atom stereocenters. The predicted molar refractivity (Wildman–Crippen MR) is 130 cm³/mol. The molecule has 0 saturated carbocycles. The van der Waals surface area contributed by atoms with Gasteiger partial charge in [-0.15, -0.1) is 0 Å². The number of nitrogens with two attached hydrogens (primary N) is 1. The van der Waals surface area contributed by atoms with Gasteiger partial charge in [-0.3, -0.25) is 4.79 Å². The Bertz CT molecular complexity index is 1180. The highest BCUT2D eigenvalue weighted by Gasteiger charge is 2.26. The first-order valence-corrected chi connectivity index (χ1v) is 12.7. The maximum absolute atomic E-state index is 12.8. The molecule has 0 saturated heterocycles. The monoisotopic (exact) mass is 522 g/mol. The summed E-state index contributed by atoms with van der Waals surface area (Å²) in [6.07, 6.45) is -0.947. The normalized spacial score (nSPS) is 12.7. The molecule has 0 heterocycles. The van der Waals surface area contributed by atoms with Gasteiger partial charge in [0, 0.05) is 20.4 Å². The summed E-state index contributed by atoms with van der Waals surface area (Å²) in [5.74, 6) is -2.31. The third-order valence-corrected chi connectivity index (χ3v) is 5.55. The number of hydrogen-bond acceptors (Lipinski definition) is 10. The summed E-state index contributed by atoms with van der Waals surface area (Å²) in [4.78, 5) is 35.4. The first kappa shape index (κ1) is 28.6. The van der Waals surface area contributed by atoms with Crippen molar-refractivity contribution < 1.29 is 41.7 Å². The van der Waals surface area contributed by atoms with Crippen molar-refractivity contribution in [3.05, 3.63) is 48.0 Å². The molecule has 0 radical (unpaired) electrons. The lowest BCUT2D eigenvalue weighted by Gasteiger charge is -2.19. The van der Waals surface area contributed by atoms with Gasteiger partial charge in [0.1, 0.15) is 10.6 Å². The quantitative estimate of drug-likeness (QED) is 0.240. The Morgan fingerprint density at radius 2 is 1.69 bits per heavy atom. The highest BCUT2D eigenvalue weighted by molar-refractivity contribution is 7.89. The van der Waals surface area contributed by atoms with Crippen LogP contribution in [0.25, 0.3) is 0 Å². The van der Waals surface area contributed by atoms with Crippen LogP contribution in [-0.4, -0.2) is 45.3 Å². The van der Waals surface area contributed by atoms with Crippen LogP contribution < -0.4 is 15.2 Å². The number of carbonyl (C=O) groups excluding carboxylic acids is 3. The second kappa shape index (κ2) is 12.9. The molecule has 2 atom stereocenters. The lowest BCUT2D eigenvalue weighted by Crippen LogP contribution is -2.30. The standard InChI is InChI=1S/C24H30N2O9S/c1-5-6-12-26-20-13-18(24(29)34-17(4)33-23(28)15(2)32-16(3)27)14-21(36(25,30)31)22(20)35-19-10-8-7-9-11-19/h7-11,13-15,17,26H,5-6,12H2,1-4H3,(H2,25,30,31). The zero-order valence-electron chi connectivity index (χ0n) is 20.5. The smallest absolute Gasteiger partial charge is 0.350 e. The van der Waals surface area contributed by atoms with E-state index in [0.717, 1.165) is 25.8 Å². The lowest BCUT2D eigenvalue weighted by molar-refractivity contribution is -0.181. The zero-order chi connectivity index (χ0) is 26.9. The fraction of sp³-hybridized carbons (Fsp3) is 0.375. The van der Waals surface area contributed by atoms with Crippen molar-refractivity contribution >= 4 is 33.6 Å². The van der Waals surface area contributed by atoms with Crippen LogP contribution in [-0.2, 0) is 33.8 Å². The fourth-order valence-electron chi connectivity index (χ4n) is 2.97. The second-order valence-electron chi connectivity index (χ2n) is 7.75. The molecule has 0 amide bonds. The van der Waals surface area contributed by atoms with Crippen LogP contribution in [0.2, 0.25) is 0 Å². The molecule has 0 aliphatic rings. The number of anilines is 1. The molecule has 3 N–H and O–H groups in total. The number of rotatable bonds is 12. The van der Waals surface area contributed by atoms with Gasteiger partial charge in [0.05, 0.1) is 11.3 Å². The minimum absolute atomic E-state index is 0.0777. The van der Waals surface area contributed by atoms with Crippen molar-refractivity contribution in [3.8, 4) is 11.5 Å². The van der Waals surface area contributed by atoms with E-state index in [-0.39, 0.29) is 17.0 Å². The van der Waals surface area contributed by atoms with E-state index in [1.807, 2.05) is 6.92 Å².